The van der Waals surface area contributed by atoms with Gasteiger partial charge in [-0.15, -0.1) is 0 Å². The highest BCUT2D eigenvalue weighted by Gasteiger charge is 2.14. The number of hydrogen-bond donors (Lipinski definition) is 2. The topological polar surface area (TPSA) is 55.1 Å². The van der Waals surface area contributed by atoms with Crippen molar-refractivity contribution >= 4 is 11.6 Å². The summed E-state index contributed by atoms with van der Waals surface area (Å²) in [5, 5.41) is 2.75. The van der Waals surface area contributed by atoms with E-state index in [-0.39, 0.29) is 5.56 Å². The van der Waals surface area contributed by atoms with Gasteiger partial charge in [-0.3, -0.25) is 4.79 Å². The SMILES string of the molecule is Cc1cc(N)cc(C(=O)NCCC2=CCCC2)c1F. The third kappa shape index (κ3) is 3.34. The number of nitrogens with one attached hydrogen (secondary N) is 1. The second kappa shape index (κ2) is 5.87. The number of carbonyl (C=O) groups is 1. The number of halogens is 1. The van der Waals surface area contributed by atoms with Gasteiger partial charge in [0.25, 0.3) is 5.91 Å². The van der Waals surface area contributed by atoms with Gasteiger partial charge in [-0.2, -0.15) is 0 Å². The summed E-state index contributed by atoms with van der Waals surface area (Å²) in [6.45, 7) is 2.14. The van der Waals surface area contributed by atoms with Gasteiger partial charge in [0.15, 0.2) is 0 Å². The van der Waals surface area contributed by atoms with Crippen molar-refractivity contribution in [3.8, 4) is 0 Å². The number of allylic oxidation sites excluding steroid dienone is 1. The fraction of sp³-hybridized carbons (Fsp3) is 0.400. The quantitative estimate of drug-likeness (QED) is 0.647. The van der Waals surface area contributed by atoms with Gasteiger partial charge in [-0.05, 0) is 50.3 Å². The van der Waals surface area contributed by atoms with E-state index in [1.165, 1.54) is 24.1 Å². The highest BCUT2D eigenvalue weighted by Crippen LogP contribution is 2.20. The molecule has 0 unspecified atom stereocenters. The Balaban J connectivity index is 1.96. The molecule has 0 aromatic heterocycles. The second-order valence-electron chi connectivity index (χ2n) is 4.96. The molecule has 3 N–H and O–H groups in total. The van der Waals surface area contributed by atoms with Crippen LogP contribution in [-0.2, 0) is 0 Å². The van der Waals surface area contributed by atoms with Crippen LogP contribution in [0.25, 0.3) is 0 Å². The number of nitrogens with two attached hydrogens (primary N) is 1. The van der Waals surface area contributed by atoms with Crippen molar-refractivity contribution in [2.75, 3.05) is 12.3 Å². The Hall–Kier alpha value is -1.84. The molecule has 1 aliphatic carbocycles. The Morgan fingerprint density at radius 1 is 1.47 bits per heavy atom. The number of carbonyl (C=O) groups excluding carboxylic acids is 1. The number of rotatable bonds is 4. The predicted molar refractivity (Wildman–Crippen MR) is 74.4 cm³/mol. The van der Waals surface area contributed by atoms with Gasteiger partial charge < -0.3 is 11.1 Å². The maximum absolute atomic E-state index is 13.8. The fourth-order valence-electron chi connectivity index (χ4n) is 2.36. The molecule has 1 amide bonds. The zero-order chi connectivity index (χ0) is 13.8. The lowest BCUT2D eigenvalue weighted by Gasteiger charge is -2.09. The van der Waals surface area contributed by atoms with Gasteiger partial charge in [-0.1, -0.05) is 11.6 Å². The van der Waals surface area contributed by atoms with Crippen molar-refractivity contribution in [1.29, 1.82) is 0 Å². The van der Waals surface area contributed by atoms with Crippen molar-refractivity contribution in [3.05, 3.63) is 40.7 Å². The van der Waals surface area contributed by atoms with Crippen LogP contribution in [0, 0.1) is 12.7 Å². The number of anilines is 1. The van der Waals surface area contributed by atoms with Crippen molar-refractivity contribution < 1.29 is 9.18 Å². The first-order chi connectivity index (χ1) is 9.08. The highest BCUT2D eigenvalue weighted by molar-refractivity contribution is 5.95. The van der Waals surface area contributed by atoms with Crippen molar-refractivity contribution in [3.63, 3.8) is 0 Å². The fourth-order valence-corrected chi connectivity index (χ4v) is 2.36. The number of amides is 1. The van der Waals surface area contributed by atoms with Gasteiger partial charge >= 0.3 is 0 Å². The molecule has 102 valence electrons. The van der Waals surface area contributed by atoms with Gasteiger partial charge in [0.05, 0.1) is 5.56 Å². The van der Waals surface area contributed by atoms with Crippen molar-refractivity contribution in [1.82, 2.24) is 5.32 Å². The molecule has 0 atom stereocenters. The van der Waals surface area contributed by atoms with E-state index in [1.54, 1.807) is 6.92 Å². The van der Waals surface area contributed by atoms with E-state index in [4.69, 9.17) is 5.73 Å². The molecule has 0 heterocycles. The number of nitrogen functional groups attached to an aromatic ring is 1. The monoisotopic (exact) mass is 262 g/mol. The average Bonchev–Trinajstić information content (AvgIpc) is 2.86. The largest absolute Gasteiger partial charge is 0.399 e. The zero-order valence-electron chi connectivity index (χ0n) is 11.1. The molecule has 3 nitrogen and oxygen atoms in total. The molecular weight excluding hydrogens is 243 g/mol. The summed E-state index contributed by atoms with van der Waals surface area (Å²) < 4.78 is 13.8. The summed E-state index contributed by atoms with van der Waals surface area (Å²) in [4.78, 5) is 11.9. The molecule has 0 spiro atoms. The summed E-state index contributed by atoms with van der Waals surface area (Å²) in [6, 6.07) is 2.90. The first-order valence-electron chi connectivity index (χ1n) is 6.59. The molecule has 2 rings (SSSR count). The zero-order valence-corrected chi connectivity index (χ0v) is 11.1. The molecule has 0 bridgehead atoms. The molecule has 1 aromatic carbocycles. The third-order valence-electron chi connectivity index (χ3n) is 3.39. The molecule has 0 aliphatic heterocycles. The number of hydrogen-bond acceptors (Lipinski definition) is 2. The van der Waals surface area contributed by atoms with Crippen LogP contribution < -0.4 is 11.1 Å². The highest BCUT2D eigenvalue weighted by atomic mass is 19.1. The summed E-state index contributed by atoms with van der Waals surface area (Å²) in [5.41, 5.74) is 7.84. The Kier molecular flexibility index (Phi) is 4.20. The molecule has 1 aliphatic rings. The van der Waals surface area contributed by atoms with E-state index in [0.29, 0.717) is 17.8 Å². The van der Waals surface area contributed by atoms with Gasteiger partial charge in [-0.25, -0.2) is 4.39 Å². The van der Waals surface area contributed by atoms with E-state index < -0.39 is 11.7 Å². The molecule has 1 aromatic rings. The smallest absolute Gasteiger partial charge is 0.254 e. The lowest BCUT2D eigenvalue weighted by Crippen LogP contribution is -2.26. The molecule has 0 saturated carbocycles. The molecular formula is C15H19FN2O. The minimum atomic E-state index is -0.494. The van der Waals surface area contributed by atoms with Crippen LogP contribution in [0.1, 0.15) is 41.6 Å². The molecule has 4 heteroatoms. The van der Waals surface area contributed by atoms with Crippen LogP contribution in [-0.4, -0.2) is 12.5 Å². The van der Waals surface area contributed by atoms with E-state index in [2.05, 4.69) is 11.4 Å². The molecule has 0 saturated heterocycles. The minimum Gasteiger partial charge on any atom is -0.399 e. The summed E-state index contributed by atoms with van der Waals surface area (Å²) in [7, 11) is 0. The van der Waals surface area contributed by atoms with Gasteiger partial charge in [0.1, 0.15) is 5.82 Å². The molecule has 0 radical (unpaired) electrons. The van der Waals surface area contributed by atoms with Crippen molar-refractivity contribution in [2.45, 2.75) is 32.6 Å². The van der Waals surface area contributed by atoms with Crippen LogP contribution in [0.15, 0.2) is 23.8 Å². The Morgan fingerprint density at radius 3 is 2.95 bits per heavy atom. The predicted octanol–water partition coefficient (Wildman–Crippen LogP) is 2.95. The van der Waals surface area contributed by atoms with E-state index in [0.717, 1.165) is 19.3 Å². The van der Waals surface area contributed by atoms with E-state index >= 15 is 0 Å². The van der Waals surface area contributed by atoms with Crippen LogP contribution in [0.4, 0.5) is 10.1 Å². The standard InChI is InChI=1S/C15H19FN2O/c1-10-8-12(17)9-13(14(10)16)15(19)18-7-6-11-4-2-3-5-11/h4,8-9H,2-3,5-7,17H2,1H3,(H,18,19). The molecule has 19 heavy (non-hydrogen) atoms. The van der Waals surface area contributed by atoms with E-state index in [1.807, 2.05) is 0 Å². The lowest BCUT2D eigenvalue weighted by atomic mass is 10.1. The maximum Gasteiger partial charge on any atom is 0.254 e. The first-order valence-corrected chi connectivity index (χ1v) is 6.59. The third-order valence-corrected chi connectivity index (χ3v) is 3.39. The van der Waals surface area contributed by atoms with Crippen LogP contribution in [0.3, 0.4) is 0 Å². The first kappa shape index (κ1) is 13.6. The Labute approximate surface area is 112 Å². The van der Waals surface area contributed by atoms with Crippen LogP contribution in [0.5, 0.6) is 0 Å². The number of aryl methyl sites for hydroxylation is 1. The van der Waals surface area contributed by atoms with Gasteiger partial charge in [0, 0.05) is 12.2 Å². The Bertz CT molecular complexity index is 523. The number of benzene rings is 1. The lowest BCUT2D eigenvalue weighted by molar-refractivity contribution is 0.0950. The summed E-state index contributed by atoms with van der Waals surface area (Å²) in [5.74, 6) is -0.890. The molecule has 0 fully saturated rings. The average molecular weight is 262 g/mol. The van der Waals surface area contributed by atoms with Crippen LogP contribution in [0.2, 0.25) is 0 Å². The normalized spacial score (nSPS) is 14.3. The van der Waals surface area contributed by atoms with Crippen LogP contribution >= 0.6 is 0 Å². The Morgan fingerprint density at radius 2 is 2.26 bits per heavy atom. The van der Waals surface area contributed by atoms with Crippen molar-refractivity contribution in [2.24, 2.45) is 0 Å². The minimum absolute atomic E-state index is 0.0258. The second-order valence-corrected chi connectivity index (χ2v) is 4.96. The summed E-state index contributed by atoms with van der Waals surface area (Å²) in [6.07, 6.45) is 6.51. The maximum atomic E-state index is 13.8. The van der Waals surface area contributed by atoms with E-state index in [9.17, 15) is 9.18 Å². The summed E-state index contributed by atoms with van der Waals surface area (Å²) >= 11 is 0. The van der Waals surface area contributed by atoms with Gasteiger partial charge in [0.2, 0.25) is 0 Å².